The molecule has 2 heterocycles. The molecular weight excluding hydrogens is 512 g/mol. The van der Waals surface area contributed by atoms with Crippen LogP contribution in [0.2, 0.25) is 5.02 Å². The first kappa shape index (κ1) is 25.7. The normalized spacial score (nSPS) is 17.2. The lowest BCUT2D eigenvalue weighted by atomic mass is 9.82. The van der Waals surface area contributed by atoms with E-state index in [4.69, 9.17) is 11.6 Å². The summed E-state index contributed by atoms with van der Waals surface area (Å²) in [5.41, 5.74) is 3.17. The first-order chi connectivity index (χ1) is 17.4. The number of aliphatic imine (C=N–C) groups is 1. The minimum absolute atomic E-state index is 0.0780. The van der Waals surface area contributed by atoms with E-state index in [2.05, 4.69) is 21.7 Å². The molecule has 9 heteroatoms. The number of allylic oxidation sites excluding steroid dienone is 1. The summed E-state index contributed by atoms with van der Waals surface area (Å²) in [6.45, 7) is 3.64. The first-order valence-electron chi connectivity index (χ1n) is 11.1. The van der Waals surface area contributed by atoms with Crippen molar-refractivity contribution in [3.8, 4) is 6.07 Å². The van der Waals surface area contributed by atoms with Gasteiger partial charge in [0.15, 0.2) is 0 Å². The fourth-order valence-electron chi connectivity index (χ4n) is 3.94. The number of carbonyl (C=O) groups is 2. The van der Waals surface area contributed by atoms with E-state index in [1.54, 1.807) is 25.1 Å². The van der Waals surface area contributed by atoms with Crippen molar-refractivity contribution in [3.63, 3.8) is 0 Å². The zero-order valence-electron chi connectivity index (χ0n) is 19.6. The molecule has 1 aliphatic heterocycles. The van der Waals surface area contributed by atoms with Gasteiger partial charge in [-0.1, -0.05) is 47.6 Å². The molecule has 1 aliphatic rings. The molecule has 0 bridgehead atoms. The molecule has 0 radical (unpaired) electrons. The average Bonchev–Trinajstić information content (AvgIpc) is 3.40. The van der Waals surface area contributed by atoms with E-state index in [-0.39, 0.29) is 17.6 Å². The number of benzene rings is 2. The van der Waals surface area contributed by atoms with Gasteiger partial charge in [-0.25, -0.2) is 4.99 Å². The Morgan fingerprint density at radius 3 is 2.53 bits per heavy atom. The van der Waals surface area contributed by atoms with Crippen molar-refractivity contribution >= 4 is 62.9 Å². The molecule has 2 aromatic carbocycles. The summed E-state index contributed by atoms with van der Waals surface area (Å²) in [6, 6.07) is 20.6. The van der Waals surface area contributed by atoms with E-state index >= 15 is 0 Å². The van der Waals surface area contributed by atoms with Crippen LogP contribution in [0, 0.1) is 24.2 Å². The standard InChI is InChI=1S/C27H23ClN4O2S2/c1-16-13-19(10-11-21(16)28)31-23(33)15-36-27-20(14-29)25(22-9-6-12-35-22)24(17(2)30-27)26(34)32-18-7-4-3-5-8-18/h3-13,20,25H,15H2,1-2H3,(H,31,33)(H,32,34). The van der Waals surface area contributed by atoms with E-state index < -0.39 is 11.8 Å². The van der Waals surface area contributed by atoms with E-state index in [1.807, 2.05) is 54.8 Å². The first-order valence-corrected chi connectivity index (χ1v) is 13.4. The molecule has 3 aromatic rings. The van der Waals surface area contributed by atoms with E-state index in [9.17, 15) is 14.9 Å². The Balaban J connectivity index is 1.58. The van der Waals surface area contributed by atoms with E-state index in [1.165, 1.54) is 23.1 Å². The van der Waals surface area contributed by atoms with E-state index in [0.29, 0.717) is 32.7 Å². The Hall–Kier alpha value is -3.38. The largest absolute Gasteiger partial charge is 0.325 e. The molecule has 0 aliphatic carbocycles. The number of rotatable bonds is 6. The van der Waals surface area contributed by atoms with Crippen molar-refractivity contribution in [1.29, 1.82) is 5.26 Å². The molecule has 4 rings (SSSR count). The van der Waals surface area contributed by atoms with Crippen LogP contribution in [0.15, 0.2) is 82.3 Å². The van der Waals surface area contributed by atoms with Gasteiger partial charge in [-0.15, -0.1) is 11.3 Å². The van der Waals surface area contributed by atoms with Crippen molar-refractivity contribution < 1.29 is 9.59 Å². The monoisotopic (exact) mass is 534 g/mol. The Bertz CT molecular complexity index is 1380. The number of halogens is 1. The van der Waals surface area contributed by atoms with Gasteiger partial charge in [0.25, 0.3) is 5.91 Å². The summed E-state index contributed by atoms with van der Waals surface area (Å²) in [4.78, 5) is 31.5. The van der Waals surface area contributed by atoms with Gasteiger partial charge in [0.2, 0.25) is 5.91 Å². The molecule has 0 spiro atoms. The van der Waals surface area contributed by atoms with Crippen LogP contribution in [-0.4, -0.2) is 22.6 Å². The molecule has 0 saturated heterocycles. The SMILES string of the molecule is CC1=C(C(=O)Nc2ccccc2)C(c2cccs2)C(C#N)C(SCC(=O)Nc2ccc(Cl)c(C)c2)=N1. The molecule has 2 N–H and O–H groups in total. The van der Waals surface area contributed by atoms with Crippen LogP contribution in [0.5, 0.6) is 0 Å². The average molecular weight is 535 g/mol. The lowest BCUT2D eigenvalue weighted by Gasteiger charge is -2.29. The predicted molar refractivity (Wildman–Crippen MR) is 149 cm³/mol. The summed E-state index contributed by atoms with van der Waals surface area (Å²) in [6.07, 6.45) is 0. The summed E-state index contributed by atoms with van der Waals surface area (Å²) < 4.78 is 0. The molecule has 2 amide bonds. The van der Waals surface area contributed by atoms with Gasteiger partial charge in [-0.2, -0.15) is 5.26 Å². The number of thiophene rings is 1. The highest BCUT2D eigenvalue weighted by Crippen LogP contribution is 2.43. The van der Waals surface area contributed by atoms with Crippen molar-refractivity contribution in [1.82, 2.24) is 0 Å². The number of aryl methyl sites for hydroxylation is 1. The second-order valence-corrected chi connectivity index (χ2v) is 10.6. The number of amides is 2. The maximum atomic E-state index is 13.3. The Morgan fingerprint density at radius 1 is 1.08 bits per heavy atom. The molecule has 2 atom stereocenters. The van der Waals surface area contributed by atoms with Crippen LogP contribution in [0.1, 0.15) is 23.3 Å². The number of anilines is 2. The number of thioether (sulfide) groups is 1. The number of hydrogen-bond donors (Lipinski definition) is 2. The molecule has 36 heavy (non-hydrogen) atoms. The predicted octanol–water partition coefficient (Wildman–Crippen LogP) is 6.63. The molecule has 1 aromatic heterocycles. The smallest absolute Gasteiger partial charge is 0.254 e. The minimum Gasteiger partial charge on any atom is -0.325 e. The lowest BCUT2D eigenvalue weighted by molar-refractivity contribution is -0.114. The summed E-state index contributed by atoms with van der Waals surface area (Å²) in [7, 11) is 0. The maximum Gasteiger partial charge on any atom is 0.254 e. The third-order valence-corrected chi connectivity index (χ3v) is 8.06. The fraction of sp³-hybridized carbons (Fsp3) is 0.185. The van der Waals surface area contributed by atoms with Crippen LogP contribution < -0.4 is 10.6 Å². The molecule has 0 fully saturated rings. The van der Waals surface area contributed by atoms with Crippen LogP contribution in [0.3, 0.4) is 0 Å². The summed E-state index contributed by atoms with van der Waals surface area (Å²) in [5.74, 6) is -1.61. The van der Waals surface area contributed by atoms with Crippen LogP contribution in [0.25, 0.3) is 0 Å². The van der Waals surface area contributed by atoms with Crippen molar-refractivity contribution in [2.45, 2.75) is 19.8 Å². The minimum atomic E-state index is -0.695. The highest BCUT2D eigenvalue weighted by molar-refractivity contribution is 8.14. The van der Waals surface area contributed by atoms with Crippen LogP contribution >= 0.6 is 34.7 Å². The van der Waals surface area contributed by atoms with Gasteiger partial charge < -0.3 is 10.6 Å². The van der Waals surface area contributed by atoms with E-state index in [0.717, 1.165) is 10.4 Å². The van der Waals surface area contributed by atoms with Gasteiger partial charge in [0, 0.05) is 38.5 Å². The fourth-order valence-corrected chi connectivity index (χ4v) is 5.85. The van der Waals surface area contributed by atoms with Gasteiger partial charge in [0.05, 0.1) is 16.9 Å². The zero-order chi connectivity index (χ0) is 25.7. The maximum absolute atomic E-state index is 13.3. The number of nitrogens with one attached hydrogen (secondary N) is 2. The number of para-hydroxylation sites is 1. The number of hydrogen-bond acceptors (Lipinski definition) is 6. The van der Waals surface area contributed by atoms with Crippen molar-refractivity contribution in [2.24, 2.45) is 10.9 Å². The van der Waals surface area contributed by atoms with Gasteiger partial charge in [-0.05, 0) is 61.2 Å². The lowest BCUT2D eigenvalue weighted by Crippen LogP contribution is -2.31. The van der Waals surface area contributed by atoms with Gasteiger partial charge >= 0.3 is 0 Å². The highest BCUT2D eigenvalue weighted by atomic mass is 35.5. The van der Waals surface area contributed by atoms with Crippen molar-refractivity contribution in [3.05, 3.63) is 92.8 Å². The molecule has 6 nitrogen and oxygen atoms in total. The molecule has 0 saturated carbocycles. The highest BCUT2D eigenvalue weighted by Gasteiger charge is 2.39. The molecule has 2 unspecified atom stereocenters. The van der Waals surface area contributed by atoms with Crippen LogP contribution in [-0.2, 0) is 9.59 Å². The van der Waals surface area contributed by atoms with Crippen molar-refractivity contribution in [2.75, 3.05) is 16.4 Å². The topological polar surface area (TPSA) is 94.4 Å². The Labute approximate surface area is 223 Å². The summed E-state index contributed by atoms with van der Waals surface area (Å²) in [5, 5.41) is 19.0. The zero-order valence-corrected chi connectivity index (χ0v) is 22.0. The number of nitriles is 1. The number of nitrogens with zero attached hydrogens (tertiary/aromatic N) is 2. The van der Waals surface area contributed by atoms with Crippen LogP contribution in [0.4, 0.5) is 11.4 Å². The quantitative estimate of drug-likeness (QED) is 0.371. The Kier molecular flexibility index (Phi) is 8.26. The second kappa shape index (κ2) is 11.6. The number of carbonyl (C=O) groups excluding carboxylic acids is 2. The third kappa shape index (κ3) is 5.88. The Morgan fingerprint density at radius 2 is 1.86 bits per heavy atom. The van der Waals surface area contributed by atoms with Gasteiger partial charge in [-0.3, -0.25) is 9.59 Å². The summed E-state index contributed by atoms with van der Waals surface area (Å²) >= 11 is 8.77. The third-order valence-electron chi connectivity index (χ3n) is 5.64. The molecular formula is C27H23ClN4O2S2. The van der Waals surface area contributed by atoms with Gasteiger partial charge in [0.1, 0.15) is 5.92 Å². The second-order valence-electron chi connectivity index (χ2n) is 8.17. The molecule has 182 valence electrons.